The van der Waals surface area contributed by atoms with E-state index >= 15 is 0 Å². The Morgan fingerprint density at radius 3 is 2.39 bits per heavy atom. The van der Waals surface area contributed by atoms with Gasteiger partial charge in [0, 0.05) is 10.6 Å². The maximum absolute atomic E-state index is 12.1. The van der Waals surface area contributed by atoms with Crippen LogP contribution in [0.3, 0.4) is 0 Å². The minimum absolute atomic E-state index is 0.0941. The van der Waals surface area contributed by atoms with Gasteiger partial charge in [-0.25, -0.2) is 0 Å². The highest BCUT2D eigenvalue weighted by atomic mass is 35.5. The number of phenolic OH excluding ortho intramolecular Hbond substituents is 1. The van der Waals surface area contributed by atoms with Gasteiger partial charge in [-0.1, -0.05) is 28.8 Å². The summed E-state index contributed by atoms with van der Waals surface area (Å²) in [6.07, 6.45) is 0. The van der Waals surface area contributed by atoms with Crippen molar-refractivity contribution in [1.29, 1.82) is 0 Å². The smallest absolute Gasteiger partial charge is 0.251 e. The second kappa shape index (κ2) is 7.15. The quantitative estimate of drug-likeness (QED) is 0.753. The second-order valence-electron chi connectivity index (χ2n) is 5.27. The molecule has 3 N–H and O–H groups in total. The number of rotatable bonds is 4. The molecule has 0 aliphatic heterocycles. The average molecular weight is 333 g/mol. The van der Waals surface area contributed by atoms with Crippen LogP contribution in [0.15, 0.2) is 36.4 Å². The van der Waals surface area contributed by atoms with Crippen LogP contribution < -0.4 is 10.6 Å². The van der Waals surface area contributed by atoms with Crippen molar-refractivity contribution in [3.05, 3.63) is 58.1 Å². The van der Waals surface area contributed by atoms with E-state index in [1.165, 1.54) is 18.2 Å². The highest BCUT2D eigenvalue weighted by Crippen LogP contribution is 2.26. The topological polar surface area (TPSA) is 78.4 Å². The van der Waals surface area contributed by atoms with Gasteiger partial charge in [0.1, 0.15) is 5.75 Å². The number of amides is 2. The van der Waals surface area contributed by atoms with Crippen molar-refractivity contribution >= 4 is 29.1 Å². The van der Waals surface area contributed by atoms with Crippen LogP contribution in [0.25, 0.3) is 0 Å². The van der Waals surface area contributed by atoms with Crippen LogP contribution in [0.1, 0.15) is 21.5 Å². The molecule has 120 valence electrons. The van der Waals surface area contributed by atoms with Crippen LogP contribution >= 0.6 is 11.6 Å². The molecule has 0 aliphatic carbocycles. The van der Waals surface area contributed by atoms with Gasteiger partial charge >= 0.3 is 0 Å². The molecular formula is C17H17ClN2O3. The van der Waals surface area contributed by atoms with Crippen molar-refractivity contribution in [2.24, 2.45) is 0 Å². The maximum Gasteiger partial charge on any atom is 0.251 e. The molecule has 0 atom stereocenters. The first-order valence-corrected chi connectivity index (χ1v) is 7.38. The zero-order chi connectivity index (χ0) is 17.0. The first-order valence-electron chi connectivity index (χ1n) is 7.00. The molecule has 0 spiro atoms. The fourth-order valence-electron chi connectivity index (χ4n) is 2.17. The summed E-state index contributed by atoms with van der Waals surface area (Å²) >= 11 is 5.81. The lowest BCUT2D eigenvalue weighted by Crippen LogP contribution is -2.32. The number of hydrogen-bond donors (Lipinski definition) is 3. The molecular weight excluding hydrogens is 316 g/mol. The second-order valence-corrected chi connectivity index (χ2v) is 5.71. The summed E-state index contributed by atoms with van der Waals surface area (Å²) in [5.41, 5.74) is 2.65. The Morgan fingerprint density at radius 2 is 1.74 bits per heavy atom. The van der Waals surface area contributed by atoms with E-state index in [0.29, 0.717) is 10.6 Å². The molecule has 2 rings (SSSR count). The summed E-state index contributed by atoms with van der Waals surface area (Å²) in [7, 11) is 0. The number of anilines is 1. The number of phenols is 1. The number of aromatic hydroxyl groups is 1. The van der Waals surface area contributed by atoms with Gasteiger partial charge in [0.05, 0.1) is 12.2 Å². The Bertz CT molecular complexity index is 739. The molecule has 0 bridgehead atoms. The number of aryl methyl sites for hydroxylation is 2. The number of benzene rings is 2. The Morgan fingerprint density at radius 1 is 1.09 bits per heavy atom. The standard InChI is InChI=1S/C17H17ClN2O3/c1-10-5-11(2)7-12(6-10)17(23)19-9-16(22)20-14-8-13(18)3-4-15(14)21/h3-8,21H,9H2,1-2H3,(H,19,23)(H,20,22). The molecule has 0 unspecified atom stereocenters. The maximum atomic E-state index is 12.1. The normalized spacial score (nSPS) is 10.2. The van der Waals surface area contributed by atoms with Gasteiger partial charge in [-0.15, -0.1) is 0 Å². The Balaban J connectivity index is 1.96. The third kappa shape index (κ3) is 4.72. The van der Waals surface area contributed by atoms with Crippen LogP contribution in [0, 0.1) is 13.8 Å². The molecule has 0 aliphatic rings. The largest absolute Gasteiger partial charge is 0.506 e. The van der Waals surface area contributed by atoms with Crippen molar-refractivity contribution in [2.45, 2.75) is 13.8 Å². The number of halogens is 1. The third-order valence-electron chi connectivity index (χ3n) is 3.13. The first kappa shape index (κ1) is 16.8. The molecule has 0 fully saturated rings. The molecule has 0 heterocycles. The van der Waals surface area contributed by atoms with Crippen molar-refractivity contribution < 1.29 is 14.7 Å². The van der Waals surface area contributed by atoms with E-state index in [-0.39, 0.29) is 23.9 Å². The predicted octanol–water partition coefficient (Wildman–Crippen LogP) is 3.03. The molecule has 2 aromatic carbocycles. The van der Waals surface area contributed by atoms with Gasteiger partial charge < -0.3 is 15.7 Å². The molecule has 2 aromatic rings. The number of carbonyl (C=O) groups is 2. The van der Waals surface area contributed by atoms with E-state index in [1.807, 2.05) is 19.9 Å². The fourth-order valence-corrected chi connectivity index (χ4v) is 2.34. The van der Waals surface area contributed by atoms with E-state index < -0.39 is 5.91 Å². The summed E-state index contributed by atoms with van der Waals surface area (Å²) in [5.74, 6) is -0.883. The molecule has 2 amide bonds. The first-order chi connectivity index (χ1) is 10.8. The highest BCUT2D eigenvalue weighted by Gasteiger charge is 2.11. The summed E-state index contributed by atoms with van der Waals surface area (Å²) in [4.78, 5) is 23.9. The van der Waals surface area contributed by atoms with Crippen molar-refractivity contribution in [2.75, 3.05) is 11.9 Å². The number of hydrogen-bond acceptors (Lipinski definition) is 3. The van der Waals surface area contributed by atoms with Crippen LogP contribution in [0.4, 0.5) is 5.69 Å². The highest BCUT2D eigenvalue weighted by molar-refractivity contribution is 6.31. The van der Waals surface area contributed by atoms with E-state index in [0.717, 1.165) is 11.1 Å². The Hall–Kier alpha value is -2.53. The minimum atomic E-state index is -0.458. The lowest BCUT2D eigenvalue weighted by Gasteiger charge is -2.09. The van der Waals surface area contributed by atoms with Crippen molar-refractivity contribution in [3.8, 4) is 5.75 Å². The van der Waals surface area contributed by atoms with Gasteiger partial charge in [-0.2, -0.15) is 0 Å². The molecule has 23 heavy (non-hydrogen) atoms. The zero-order valence-corrected chi connectivity index (χ0v) is 13.6. The SMILES string of the molecule is Cc1cc(C)cc(C(=O)NCC(=O)Nc2cc(Cl)ccc2O)c1. The van der Waals surface area contributed by atoms with E-state index in [2.05, 4.69) is 10.6 Å². The van der Waals surface area contributed by atoms with Crippen LogP contribution in [0.2, 0.25) is 5.02 Å². The number of carbonyl (C=O) groups excluding carboxylic acids is 2. The number of nitrogens with one attached hydrogen (secondary N) is 2. The summed E-state index contributed by atoms with van der Waals surface area (Å²) in [5, 5.41) is 15.1. The van der Waals surface area contributed by atoms with E-state index in [9.17, 15) is 14.7 Å². The third-order valence-corrected chi connectivity index (χ3v) is 3.36. The molecule has 0 radical (unpaired) electrons. The van der Waals surface area contributed by atoms with Gasteiger partial charge in [0.15, 0.2) is 0 Å². The molecule has 0 aromatic heterocycles. The molecule has 5 nitrogen and oxygen atoms in total. The average Bonchev–Trinajstić information content (AvgIpc) is 2.47. The van der Waals surface area contributed by atoms with Crippen molar-refractivity contribution in [3.63, 3.8) is 0 Å². The minimum Gasteiger partial charge on any atom is -0.506 e. The van der Waals surface area contributed by atoms with Gasteiger partial charge in [0.25, 0.3) is 5.91 Å². The summed E-state index contributed by atoms with van der Waals surface area (Å²) in [6, 6.07) is 9.79. The van der Waals surface area contributed by atoms with Crippen LogP contribution in [-0.2, 0) is 4.79 Å². The summed E-state index contributed by atoms with van der Waals surface area (Å²) in [6.45, 7) is 3.59. The zero-order valence-electron chi connectivity index (χ0n) is 12.8. The molecule has 0 saturated heterocycles. The Kier molecular flexibility index (Phi) is 5.24. The fraction of sp³-hybridized carbons (Fsp3) is 0.176. The van der Waals surface area contributed by atoms with Gasteiger partial charge in [-0.05, 0) is 44.2 Å². The van der Waals surface area contributed by atoms with Gasteiger partial charge in [0.2, 0.25) is 5.91 Å². The lowest BCUT2D eigenvalue weighted by molar-refractivity contribution is -0.115. The monoisotopic (exact) mass is 332 g/mol. The van der Waals surface area contributed by atoms with E-state index in [1.54, 1.807) is 12.1 Å². The Labute approximate surface area is 139 Å². The predicted molar refractivity (Wildman–Crippen MR) is 90.0 cm³/mol. The lowest BCUT2D eigenvalue weighted by atomic mass is 10.1. The molecule has 6 heteroatoms. The molecule has 0 saturated carbocycles. The van der Waals surface area contributed by atoms with Gasteiger partial charge in [-0.3, -0.25) is 9.59 Å². The van der Waals surface area contributed by atoms with Crippen LogP contribution in [-0.4, -0.2) is 23.5 Å². The summed E-state index contributed by atoms with van der Waals surface area (Å²) < 4.78 is 0. The van der Waals surface area contributed by atoms with Crippen molar-refractivity contribution in [1.82, 2.24) is 5.32 Å². The van der Waals surface area contributed by atoms with Crippen LogP contribution in [0.5, 0.6) is 5.75 Å². The van der Waals surface area contributed by atoms with E-state index in [4.69, 9.17) is 11.6 Å².